The molecule has 0 spiro atoms. The summed E-state index contributed by atoms with van der Waals surface area (Å²) in [5.41, 5.74) is 2.22. The van der Waals surface area contributed by atoms with E-state index in [-0.39, 0.29) is 6.61 Å². The number of unbranched alkanes of at least 4 members (excludes halogenated alkanes) is 2. The molecule has 0 aliphatic heterocycles. The number of hydrogen-bond donors (Lipinski definition) is 1. The van der Waals surface area contributed by atoms with Gasteiger partial charge in [-0.15, -0.1) is 10.2 Å². The Morgan fingerprint density at radius 2 is 1.69 bits per heavy atom. The molecule has 0 radical (unpaired) electrons. The molecule has 0 amide bonds. The van der Waals surface area contributed by atoms with Crippen LogP contribution in [-0.2, 0) is 6.54 Å². The van der Waals surface area contributed by atoms with Gasteiger partial charge in [0.05, 0.1) is 6.54 Å². The molecule has 0 saturated carbocycles. The summed E-state index contributed by atoms with van der Waals surface area (Å²) in [6.45, 7) is 0.986. The lowest BCUT2D eigenvalue weighted by Crippen LogP contribution is -2.04. The summed E-state index contributed by atoms with van der Waals surface area (Å²) >= 11 is 7.74. The first-order valence-electron chi connectivity index (χ1n) is 8.74. The maximum absolute atomic E-state index is 8.90. The van der Waals surface area contributed by atoms with E-state index in [1.807, 2.05) is 42.5 Å². The van der Waals surface area contributed by atoms with Crippen molar-refractivity contribution >= 4 is 23.4 Å². The van der Waals surface area contributed by atoms with Crippen LogP contribution >= 0.6 is 23.4 Å². The van der Waals surface area contributed by atoms with Crippen LogP contribution in [0.25, 0.3) is 11.4 Å². The van der Waals surface area contributed by atoms with Gasteiger partial charge in [-0.1, -0.05) is 60.1 Å². The van der Waals surface area contributed by atoms with E-state index in [1.165, 1.54) is 5.56 Å². The monoisotopic (exact) mass is 387 g/mol. The fourth-order valence-corrected chi connectivity index (χ4v) is 3.73. The van der Waals surface area contributed by atoms with E-state index in [0.717, 1.165) is 48.1 Å². The third-order valence-electron chi connectivity index (χ3n) is 4.04. The lowest BCUT2D eigenvalue weighted by Gasteiger charge is -2.10. The van der Waals surface area contributed by atoms with Gasteiger partial charge in [-0.2, -0.15) is 0 Å². The number of aliphatic hydroxyl groups excluding tert-OH is 1. The summed E-state index contributed by atoms with van der Waals surface area (Å²) in [6.07, 6.45) is 2.94. The number of aromatic nitrogens is 3. The predicted molar refractivity (Wildman–Crippen MR) is 108 cm³/mol. The summed E-state index contributed by atoms with van der Waals surface area (Å²) in [4.78, 5) is 0. The van der Waals surface area contributed by atoms with Crippen LogP contribution in [0.4, 0.5) is 0 Å². The minimum atomic E-state index is 0.259. The van der Waals surface area contributed by atoms with Crippen LogP contribution < -0.4 is 0 Å². The highest BCUT2D eigenvalue weighted by atomic mass is 35.5. The third kappa shape index (κ3) is 5.10. The van der Waals surface area contributed by atoms with Crippen LogP contribution in [0.1, 0.15) is 24.8 Å². The normalized spacial score (nSPS) is 11.0. The van der Waals surface area contributed by atoms with Gasteiger partial charge < -0.3 is 5.11 Å². The van der Waals surface area contributed by atoms with Gasteiger partial charge in [0.1, 0.15) is 0 Å². The molecule has 3 aromatic rings. The number of hydrogen-bond acceptors (Lipinski definition) is 4. The van der Waals surface area contributed by atoms with Crippen molar-refractivity contribution in [3.05, 3.63) is 65.2 Å². The van der Waals surface area contributed by atoms with E-state index < -0.39 is 0 Å². The average Bonchev–Trinajstić information content (AvgIpc) is 3.06. The topological polar surface area (TPSA) is 50.9 Å². The van der Waals surface area contributed by atoms with Gasteiger partial charge >= 0.3 is 0 Å². The highest BCUT2D eigenvalue weighted by Gasteiger charge is 2.14. The van der Waals surface area contributed by atoms with E-state index in [4.69, 9.17) is 16.7 Å². The van der Waals surface area contributed by atoms with Crippen molar-refractivity contribution in [2.45, 2.75) is 31.0 Å². The molecular weight excluding hydrogens is 366 g/mol. The second kappa shape index (κ2) is 9.76. The van der Waals surface area contributed by atoms with Gasteiger partial charge in [0.15, 0.2) is 11.0 Å². The molecule has 1 N–H and O–H groups in total. The molecule has 4 nitrogen and oxygen atoms in total. The first kappa shape index (κ1) is 19.0. The van der Waals surface area contributed by atoms with Gasteiger partial charge in [0.2, 0.25) is 0 Å². The van der Waals surface area contributed by atoms with E-state index in [0.29, 0.717) is 5.02 Å². The predicted octanol–water partition coefficient (Wildman–Crippen LogP) is 4.90. The highest BCUT2D eigenvalue weighted by Crippen LogP contribution is 2.26. The van der Waals surface area contributed by atoms with Crippen LogP contribution in [-0.4, -0.2) is 32.2 Å². The molecule has 2 aromatic carbocycles. The molecule has 0 atom stereocenters. The zero-order chi connectivity index (χ0) is 18.2. The smallest absolute Gasteiger partial charge is 0.191 e. The van der Waals surface area contributed by atoms with Crippen molar-refractivity contribution in [3.8, 4) is 11.4 Å². The van der Waals surface area contributed by atoms with E-state index in [9.17, 15) is 0 Å². The minimum Gasteiger partial charge on any atom is -0.396 e. The van der Waals surface area contributed by atoms with Crippen molar-refractivity contribution in [1.82, 2.24) is 14.8 Å². The molecule has 136 valence electrons. The summed E-state index contributed by atoms with van der Waals surface area (Å²) < 4.78 is 2.16. The van der Waals surface area contributed by atoms with Crippen LogP contribution in [0.2, 0.25) is 5.02 Å². The van der Waals surface area contributed by atoms with Gasteiger partial charge in [0, 0.05) is 22.9 Å². The number of thioether (sulfide) groups is 1. The molecule has 0 aliphatic carbocycles. The fraction of sp³-hybridized carbons (Fsp3) is 0.300. The Morgan fingerprint density at radius 3 is 2.42 bits per heavy atom. The van der Waals surface area contributed by atoms with Crippen LogP contribution in [0.3, 0.4) is 0 Å². The van der Waals surface area contributed by atoms with Gasteiger partial charge in [-0.3, -0.25) is 4.57 Å². The first-order chi connectivity index (χ1) is 12.8. The lowest BCUT2D eigenvalue weighted by molar-refractivity contribution is 0.284. The van der Waals surface area contributed by atoms with Gasteiger partial charge in [-0.25, -0.2) is 0 Å². The molecule has 0 unspecified atom stereocenters. The Hall–Kier alpha value is -1.82. The molecule has 0 bridgehead atoms. The average molecular weight is 388 g/mol. The molecule has 26 heavy (non-hydrogen) atoms. The van der Waals surface area contributed by atoms with Crippen LogP contribution in [0, 0.1) is 0 Å². The van der Waals surface area contributed by atoms with Gasteiger partial charge in [0.25, 0.3) is 0 Å². The maximum Gasteiger partial charge on any atom is 0.191 e. The zero-order valence-corrected chi connectivity index (χ0v) is 16.1. The van der Waals surface area contributed by atoms with E-state index in [2.05, 4.69) is 26.9 Å². The Kier molecular flexibility index (Phi) is 7.12. The third-order valence-corrected chi connectivity index (χ3v) is 5.34. The number of benzene rings is 2. The molecular formula is C20H22ClN3OS. The summed E-state index contributed by atoms with van der Waals surface area (Å²) in [6, 6.07) is 18.0. The number of halogens is 1. The number of rotatable bonds is 9. The van der Waals surface area contributed by atoms with E-state index in [1.54, 1.807) is 11.8 Å². The second-order valence-corrected chi connectivity index (χ2v) is 7.52. The Balaban J connectivity index is 1.83. The van der Waals surface area contributed by atoms with E-state index >= 15 is 0 Å². The van der Waals surface area contributed by atoms with Crippen LogP contribution in [0.15, 0.2) is 59.8 Å². The fourth-order valence-electron chi connectivity index (χ4n) is 2.67. The highest BCUT2D eigenvalue weighted by molar-refractivity contribution is 7.99. The Labute approximate surface area is 163 Å². The van der Waals surface area contributed by atoms with Crippen molar-refractivity contribution < 1.29 is 5.11 Å². The summed E-state index contributed by atoms with van der Waals surface area (Å²) in [5.74, 6) is 1.82. The van der Waals surface area contributed by atoms with Crippen molar-refractivity contribution in [3.63, 3.8) is 0 Å². The lowest BCUT2D eigenvalue weighted by atomic mass is 10.2. The molecule has 1 heterocycles. The van der Waals surface area contributed by atoms with Gasteiger partial charge in [-0.05, 0) is 42.7 Å². The quantitative estimate of drug-likeness (QED) is 0.419. The number of nitrogens with zero attached hydrogens (tertiary/aromatic N) is 3. The van der Waals surface area contributed by atoms with Crippen LogP contribution in [0.5, 0.6) is 0 Å². The Morgan fingerprint density at radius 1 is 0.923 bits per heavy atom. The second-order valence-electron chi connectivity index (χ2n) is 6.02. The van der Waals surface area contributed by atoms with Crippen molar-refractivity contribution in [2.75, 3.05) is 12.4 Å². The van der Waals surface area contributed by atoms with Crippen molar-refractivity contribution in [1.29, 1.82) is 0 Å². The summed E-state index contributed by atoms with van der Waals surface area (Å²) in [7, 11) is 0. The zero-order valence-electron chi connectivity index (χ0n) is 14.5. The molecule has 6 heteroatoms. The number of aliphatic hydroxyl groups is 1. The molecule has 0 fully saturated rings. The Bertz CT molecular complexity index is 806. The largest absolute Gasteiger partial charge is 0.396 e. The molecule has 0 saturated heterocycles. The maximum atomic E-state index is 8.90. The minimum absolute atomic E-state index is 0.259. The summed E-state index contributed by atoms with van der Waals surface area (Å²) in [5, 5.41) is 19.4. The first-order valence-corrected chi connectivity index (χ1v) is 10.1. The molecule has 3 rings (SSSR count). The van der Waals surface area contributed by atoms with Crippen molar-refractivity contribution in [2.24, 2.45) is 0 Å². The molecule has 1 aromatic heterocycles. The standard InChI is InChI=1S/C20H22ClN3OS/c21-18-11-9-17(10-12-18)19-22-23-20(26-14-6-2-5-13-25)24(19)15-16-7-3-1-4-8-16/h1,3-4,7-12,25H,2,5-6,13-15H2. The SMILES string of the molecule is OCCCCCSc1nnc(-c2ccc(Cl)cc2)n1Cc1ccccc1. The molecule has 0 aliphatic rings.